The summed E-state index contributed by atoms with van der Waals surface area (Å²) in [5.41, 5.74) is 1.25. The molecule has 0 aromatic carbocycles. The summed E-state index contributed by atoms with van der Waals surface area (Å²) in [4.78, 5) is 13.8. The van der Waals surface area contributed by atoms with Gasteiger partial charge in [0.05, 0.1) is 6.04 Å². The van der Waals surface area contributed by atoms with E-state index < -0.39 is 0 Å². The molecule has 0 saturated carbocycles. The summed E-state index contributed by atoms with van der Waals surface area (Å²) in [6, 6.07) is 4.60. The number of aryl methyl sites for hydroxylation is 1. The molecule has 1 atom stereocenters. The fraction of sp³-hybridized carbons (Fsp3) is 0.529. The fourth-order valence-corrected chi connectivity index (χ4v) is 3.02. The Labute approximate surface area is 150 Å². The van der Waals surface area contributed by atoms with Gasteiger partial charge in [-0.05, 0) is 18.6 Å². The first-order valence-electron chi connectivity index (χ1n) is 8.27. The summed E-state index contributed by atoms with van der Waals surface area (Å²) in [5.74, 6) is 2.14. The molecule has 1 N–H and O–H groups in total. The standard InChI is InChI=1S/C17H26N6.ClH/c1-4-21(2)16-6-5-14(11-20-16)13-23-10-7-18-12-15(23)17-19-8-9-22(17)3;/h5-6,8-9,11,15,18H,4,7,10,12-13H2,1-3H3;1H. The Morgan fingerprint density at radius 1 is 1.33 bits per heavy atom. The van der Waals surface area contributed by atoms with E-state index in [1.165, 1.54) is 5.56 Å². The van der Waals surface area contributed by atoms with Gasteiger partial charge in [0.15, 0.2) is 0 Å². The Morgan fingerprint density at radius 3 is 2.79 bits per heavy atom. The van der Waals surface area contributed by atoms with Gasteiger partial charge in [0.2, 0.25) is 0 Å². The Bertz CT molecular complexity index is 626. The second-order valence-corrected chi connectivity index (χ2v) is 6.13. The van der Waals surface area contributed by atoms with Crippen molar-refractivity contribution in [3.63, 3.8) is 0 Å². The van der Waals surface area contributed by atoms with Crippen molar-refractivity contribution in [1.82, 2.24) is 24.8 Å². The number of nitrogens with one attached hydrogen (secondary N) is 1. The highest BCUT2D eigenvalue weighted by atomic mass is 35.5. The predicted molar refractivity (Wildman–Crippen MR) is 99.7 cm³/mol. The van der Waals surface area contributed by atoms with Crippen LogP contribution in [0.3, 0.4) is 0 Å². The van der Waals surface area contributed by atoms with Gasteiger partial charge in [-0.15, -0.1) is 12.4 Å². The Morgan fingerprint density at radius 2 is 2.17 bits per heavy atom. The number of piperazine rings is 1. The lowest BCUT2D eigenvalue weighted by molar-refractivity contribution is 0.144. The number of hydrogen-bond acceptors (Lipinski definition) is 5. The minimum atomic E-state index is 0. The molecule has 3 rings (SSSR count). The number of pyridine rings is 1. The number of imidazole rings is 1. The normalized spacial score (nSPS) is 18.2. The van der Waals surface area contributed by atoms with Crippen LogP contribution in [0.4, 0.5) is 5.82 Å². The summed E-state index contributed by atoms with van der Waals surface area (Å²) in [7, 11) is 4.13. The molecule has 132 valence electrons. The summed E-state index contributed by atoms with van der Waals surface area (Å²) in [5, 5.41) is 3.48. The molecule has 1 saturated heterocycles. The molecule has 0 radical (unpaired) electrons. The van der Waals surface area contributed by atoms with Crippen LogP contribution in [0.25, 0.3) is 0 Å². The first-order valence-corrected chi connectivity index (χ1v) is 8.27. The third-order valence-corrected chi connectivity index (χ3v) is 4.57. The minimum absolute atomic E-state index is 0. The van der Waals surface area contributed by atoms with Crippen LogP contribution < -0.4 is 10.2 Å². The zero-order valence-electron chi connectivity index (χ0n) is 14.6. The second-order valence-electron chi connectivity index (χ2n) is 6.13. The summed E-state index contributed by atoms with van der Waals surface area (Å²) in [6.45, 7) is 6.98. The van der Waals surface area contributed by atoms with E-state index in [1.54, 1.807) is 0 Å². The van der Waals surface area contributed by atoms with Gasteiger partial charge in [0.1, 0.15) is 11.6 Å². The number of halogens is 1. The van der Waals surface area contributed by atoms with Crippen LogP contribution in [-0.4, -0.2) is 52.7 Å². The topological polar surface area (TPSA) is 49.2 Å². The van der Waals surface area contributed by atoms with Crippen molar-refractivity contribution >= 4 is 18.2 Å². The first kappa shape index (κ1) is 18.7. The zero-order valence-corrected chi connectivity index (χ0v) is 15.5. The fourth-order valence-electron chi connectivity index (χ4n) is 3.02. The quantitative estimate of drug-likeness (QED) is 0.891. The molecule has 24 heavy (non-hydrogen) atoms. The molecule has 1 aliphatic rings. The Hall–Kier alpha value is -1.63. The molecule has 3 heterocycles. The van der Waals surface area contributed by atoms with Gasteiger partial charge in [-0.3, -0.25) is 4.90 Å². The SMILES string of the molecule is CCN(C)c1ccc(CN2CCNCC2c2nccn2C)cn1.Cl. The molecule has 0 amide bonds. The molecule has 2 aromatic heterocycles. The van der Waals surface area contributed by atoms with Gasteiger partial charge in [-0.25, -0.2) is 9.97 Å². The van der Waals surface area contributed by atoms with E-state index in [0.717, 1.165) is 44.4 Å². The molecule has 1 unspecified atom stereocenters. The largest absolute Gasteiger partial charge is 0.360 e. The van der Waals surface area contributed by atoms with Gasteiger partial charge in [0.25, 0.3) is 0 Å². The van der Waals surface area contributed by atoms with E-state index in [9.17, 15) is 0 Å². The first-order chi connectivity index (χ1) is 11.2. The van der Waals surface area contributed by atoms with Crippen molar-refractivity contribution in [3.8, 4) is 0 Å². The molecule has 0 aliphatic carbocycles. The van der Waals surface area contributed by atoms with E-state index in [4.69, 9.17) is 0 Å². The Kier molecular flexibility index (Phi) is 6.60. The van der Waals surface area contributed by atoms with Crippen LogP contribution in [0.1, 0.15) is 24.4 Å². The van der Waals surface area contributed by atoms with Crippen molar-refractivity contribution in [3.05, 3.63) is 42.1 Å². The highest BCUT2D eigenvalue weighted by Crippen LogP contribution is 2.23. The minimum Gasteiger partial charge on any atom is -0.360 e. The van der Waals surface area contributed by atoms with Gasteiger partial charge < -0.3 is 14.8 Å². The summed E-state index contributed by atoms with van der Waals surface area (Å²) >= 11 is 0. The van der Waals surface area contributed by atoms with Gasteiger partial charge in [0, 0.05) is 65.4 Å². The maximum atomic E-state index is 4.58. The maximum absolute atomic E-state index is 4.58. The average Bonchev–Trinajstić information content (AvgIpc) is 3.01. The maximum Gasteiger partial charge on any atom is 0.128 e. The van der Waals surface area contributed by atoms with Crippen molar-refractivity contribution in [1.29, 1.82) is 0 Å². The second kappa shape index (κ2) is 8.46. The lowest BCUT2D eigenvalue weighted by Gasteiger charge is -2.35. The molecule has 2 aromatic rings. The Balaban J connectivity index is 0.00000208. The molecule has 1 aliphatic heterocycles. The van der Waals surface area contributed by atoms with E-state index >= 15 is 0 Å². The van der Waals surface area contributed by atoms with Crippen molar-refractivity contribution in [2.75, 3.05) is 38.1 Å². The number of nitrogens with zero attached hydrogens (tertiary/aromatic N) is 5. The highest BCUT2D eigenvalue weighted by molar-refractivity contribution is 5.85. The van der Waals surface area contributed by atoms with Crippen LogP contribution in [-0.2, 0) is 13.6 Å². The lowest BCUT2D eigenvalue weighted by Crippen LogP contribution is -2.46. The molecule has 6 nitrogen and oxygen atoms in total. The monoisotopic (exact) mass is 350 g/mol. The van der Waals surface area contributed by atoms with Crippen molar-refractivity contribution in [2.24, 2.45) is 7.05 Å². The molecule has 1 fully saturated rings. The number of anilines is 1. The van der Waals surface area contributed by atoms with E-state index in [-0.39, 0.29) is 12.4 Å². The molecular formula is C17H27ClN6. The molecule has 0 spiro atoms. The summed E-state index contributed by atoms with van der Waals surface area (Å²) < 4.78 is 2.11. The number of aromatic nitrogens is 3. The zero-order chi connectivity index (χ0) is 16.2. The van der Waals surface area contributed by atoms with E-state index in [2.05, 4.69) is 62.8 Å². The predicted octanol–water partition coefficient (Wildman–Crippen LogP) is 1.84. The highest BCUT2D eigenvalue weighted by Gasteiger charge is 2.26. The molecular weight excluding hydrogens is 324 g/mol. The lowest BCUT2D eigenvalue weighted by atomic mass is 10.1. The van der Waals surface area contributed by atoms with Gasteiger partial charge >= 0.3 is 0 Å². The summed E-state index contributed by atoms with van der Waals surface area (Å²) in [6.07, 6.45) is 5.89. The molecule has 7 heteroatoms. The number of hydrogen-bond donors (Lipinski definition) is 1. The number of rotatable bonds is 5. The third-order valence-electron chi connectivity index (χ3n) is 4.57. The molecule has 0 bridgehead atoms. The van der Waals surface area contributed by atoms with E-state index in [0.29, 0.717) is 6.04 Å². The van der Waals surface area contributed by atoms with Crippen LogP contribution >= 0.6 is 12.4 Å². The van der Waals surface area contributed by atoms with Crippen LogP contribution in [0.5, 0.6) is 0 Å². The van der Waals surface area contributed by atoms with Crippen molar-refractivity contribution in [2.45, 2.75) is 19.5 Å². The van der Waals surface area contributed by atoms with Crippen LogP contribution in [0.2, 0.25) is 0 Å². The van der Waals surface area contributed by atoms with Crippen LogP contribution in [0.15, 0.2) is 30.7 Å². The van der Waals surface area contributed by atoms with Gasteiger partial charge in [-0.2, -0.15) is 0 Å². The van der Waals surface area contributed by atoms with Gasteiger partial charge in [-0.1, -0.05) is 6.07 Å². The van der Waals surface area contributed by atoms with E-state index in [1.807, 2.05) is 18.6 Å². The smallest absolute Gasteiger partial charge is 0.128 e. The average molecular weight is 351 g/mol. The van der Waals surface area contributed by atoms with Crippen LogP contribution in [0, 0.1) is 0 Å². The third kappa shape index (κ3) is 4.06. The van der Waals surface area contributed by atoms with Crippen molar-refractivity contribution < 1.29 is 0 Å².